The molecule has 1 aromatic heterocycles. The van der Waals surface area contributed by atoms with Crippen LogP contribution in [0.2, 0.25) is 0 Å². The number of urea groups is 1. The van der Waals surface area contributed by atoms with Crippen LogP contribution < -0.4 is 10.7 Å². The summed E-state index contributed by atoms with van der Waals surface area (Å²) in [6.45, 7) is 7.45. The maximum atomic E-state index is 12.3. The fourth-order valence-corrected chi connectivity index (χ4v) is 3.05. The van der Waals surface area contributed by atoms with E-state index in [1.165, 1.54) is 0 Å². The lowest BCUT2D eigenvalue weighted by Gasteiger charge is -2.27. The van der Waals surface area contributed by atoms with Gasteiger partial charge in [-0.05, 0) is 13.3 Å². The molecule has 0 radical (unpaired) electrons. The Balaban J connectivity index is 1.59. The van der Waals surface area contributed by atoms with Crippen LogP contribution in [0.1, 0.15) is 38.8 Å². The summed E-state index contributed by atoms with van der Waals surface area (Å²) in [6.07, 6.45) is 1.27. The van der Waals surface area contributed by atoms with Gasteiger partial charge in [0.1, 0.15) is 17.2 Å². The molecule has 1 fully saturated rings. The molecule has 3 heterocycles. The van der Waals surface area contributed by atoms with Crippen molar-refractivity contribution in [3.05, 3.63) is 11.6 Å². The molecule has 136 valence electrons. The van der Waals surface area contributed by atoms with E-state index in [9.17, 15) is 14.4 Å². The van der Waals surface area contributed by atoms with Gasteiger partial charge in [0.05, 0.1) is 13.1 Å². The molecule has 2 aliphatic rings. The highest BCUT2D eigenvalue weighted by Gasteiger charge is 2.47. The number of hydrazine groups is 1. The molecule has 0 spiro atoms. The van der Waals surface area contributed by atoms with Gasteiger partial charge in [-0.1, -0.05) is 13.8 Å². The van der Waals surface area contributed by atoms with E-state index in [1.807, 2.05) is 11.8 Å². The minimum absolute atomic E-state index is 0.0776. The number of nitrogens with one attached hydrogen (secondary N) is 2. The number of imide groups is 1. The van der Waals surface area contributed by atoms with Crippen molar-refractivity contribution in [1.82, 2.24) is 35.4 Å². The monoisotopic (exact) mass is 349 g/mol. The Morgan fingerprint density at radius 1 is 1.28 bits per heavy atom. The quantitative estimate of drug-likeness (QED) is 0.687. The van der Waals surface area contributed by atoms with Gasteiger partial charge < -0.3 is 9.88 Å². The SMILES string of the molecule is CCc1nnc2n1CCN(CC(=O)NN1C(=O)N[C@](C)(CC)C1=O)C2. The molecule has 0 aromatic carbocycles. The van der Waals surface area contributed by atoms with Gasteiger partial charge in [-0.15, -0.1) is 10.2 Å². The third-order valence-corrected chi connectivity index (χ3v) is 4.80. The number of rotatable bonds is 5. The molecular weight excluding hydrogens is 326 g/mol. The molecule has 1 aromatic rings. The molecule has 3 rings (SSSR count). The van der Waals surface area contributed by atoms with E-state index in [1.54, 1.807) is 13.8 Å². The number of hydrogen-bond acceptors (Lipinski definition) is 6. The molecule has 10 heteroatoms. The van der Waals surface area contributed by atoms with E-state index in [2.05, 4.69) is 25.5 Å². The first kappa shape index (κ1) is 17.3. The second-order valence-corrected chi connectivity index (χ2v) is 6.54. The Morgan fingerprint density at radius 3 is 2.68 bits per heavy atom. The first-order chi connectivity index (χ1) is 11.9. The summed E-state index contributed by atoms with van der Waals surface area (Å²) in [7, 11) is 0. The van der Waals surface area contributed by atoms with Gasteiger partial charge in [-0.3, -0.25) is 19.9 Å². The molecule has 0 bridgehead atoms. The van der Waals surface area contributed by atoms with E-state index >= 15 is 0 Å². The molecule has 0 unspecified atom stereocenters. The highest BCUT2D eigenvalue weighted by molar-refractivity contribution is 6.07. The first-order valence-electron chi connectivity index (χ1n) is 8.47. The summed E-state index contributed by atoms with van der Waals surface area (Å²) < 4.78 is 2.07. The van der Waals surface area contributed by atoms with E-state index in [0.717, 1.165) is 29.6 Å². The maximum absolute atomic E-state index is 12.3. The van der Waals surface area contributed by atoms with Crippen molar-refractivity contribution < 1.29 is 14.4 Å². The fraction of sp³-hybridized carbons (Fsp3) is 0.667. The van der Waals surface area contributed by atoms with Crippen LogP contribution >= 0.6 is 0 Å². The van der Waals surface area contributed by atoms with Gasteiger partial charge in [0.25, 0.3) is 11.8 Å². The number of aromatic nitrogens is 3. The second kappa shape index (κ2) is 6.43. The summed E-state index contributed by atoms with van der Waals surface area (Å²) in [4.78, 5) is 38.4. The van der Waals surface area contributed by atoms with Crippen LogP contribution in [0.25, 0.3) is 0 Å². The van der Waals surface area contributed by atoms with Crippen molar-refractivity contribution in [1.29, 1.82) is 0 Å². The molecule has 0 saturated carbocycles. The van der Waals surface area contributed by atoms with Crippen LogP contribution in [0.4, 0.5) is 4.79 Å². The smallest absolute Gasteiger partial charge is 0.322 e. The van der Waals surface area contributed by atoms with Gasteiger partial charge in [0, 0.05) is 19.5 Å². The van der Waals surface area contributed by atoms with Crippen molar-refractivity contribution in [2.75, 3.05) is 13.1 Å². The predicted octanol–water partition coefficient (Wildman–Crippen LogP) is -0.592. The minimum Gasteiger partial charge on any atom is -0.322 e. The van der Waals surface area contributed by atoms with E-state index in [4.69, 9.17) is 0 Å². The number of hydrogen-bond donors (Lipinski definition) is 2. The Morgan fingerprint density at radius 2 is 2.04 bits per heavy atom. The minimum atomic E-state index is -0.970. The third kappa shape index (κ3) is 3.09. The summed E-state index contributed by atoms with van der Waals surface area (Å²) in [5.41, 5.74) is 1.43. The first-order valence-corrected chi connectivity index (χ1v) is 8.47. The number of amides is 4. The average Bonchev–Trinajstić information content (AvgIpc) is 3.09. The van der Waals surface area contributed by atoms with Crippen LogP contribution in [0.15, 0.2) is 0 Å². The zero-order valence-corrected chi connectivity index (χ0v) is 14.7. The normalized spacial score (nSPS) is 23.6. The lowest BCUT2D eigenvalue weighted by molar-refractivity contribution is -0.139. The van der Waals surface area contributed by atoms with Crippen molar-refractivity contribution in [3.63, 3.8) is 0 Å². The Bertz CT molecular complexity index is 716. The summed E-state index contributed by atoms with van der Waals surface area (Å²) in [5.74, 6) is 0.911. The lowest BCUT2D eigenvalue weighted by Crippen LogP contribution is -2.51. The molecule has 1 atom stereocenters. The number of carbonyl (C=O) groups excluding carboxylic acids is 3. The highest BCUT2D eigenvalue weighted by Crippen LogP contribution is 2.19. The fourth-order valence-electron chi connectivity index (χ4n) is 3.05. The summed E-state index contributed by atoms with van der Waals surface area (Å²) in [5, 5.41) is 11.7. The molecule has 4 amide bonds. The Labute approximate surface area is 145 Å². The summed E-state index contributed by atoms with van der Waals surface area (Å²) in [6, 6.07) is -0.603. The van der Waals surface area contributed by atoms with Gasteiger partial charge in [-0.2, -0.15) is 5.01 Å². The molecule has 0 aliphatic carbocycles. The standard InChI is InChI=1S/C15H23N7O3/c1-4-10-17-18-11-8-20(6-7-21(10)11)9-12(23)19-22-13(24)15(3,5-2)16-14(22)25/h4-9H2,1-3H3,(H,16,25)(H,19,23)/t15-/m1/s1. The zero-order valence-electron chi connectivity index (χ0n) is 14.7. The van der Waals surface area contributed by atoms with E-state index < -0.39 is 23.4 Å². The van der Waals surface area contributed by atoms with Crippen LogP contribution in [0.3, 0.4) is 0 Å². The van der Waals surface area contributed by atoms with Crippen molar-refractivity contribution >= 4 is 17.8 Å². The van der Waals surface area contributed by atoms with Crippen molar-refractivity contribution in [3.8, 4) is 0 Å². The number of nitrogens with zero attached hydrogens (tertiary/aromatic N) is 5. The maximum Gasteiger partial charge on any atom is 0.344 e. The number of aryl methyl sites for hydroxylation is 1. The van der Waals surface area contributed by atoms with Crippen molar-refractivity contribution in [2.45, 2.75) is 52.2 Å². The molecular formula is C15H23N7O3. The predicted molar refractivity (Wildman–Crippen MR) is 86.9 cm³/mol. The van der Waals surface area contributed by atoms with Gasteiger partial charge >= 0.3 is 6.03 Å². The molecule has 25 heavy (non-hydrogen) atoms. The number of carbonyl (C=O) groups is 3. The van der Waals surface area contributed by atoms with Gasteiger partial charge in [-0.25, -0.2) is 4.79 Å². The molecule has 2 N–H and O–H groups in total. The lowest BCUT2D eigenvalue weighted by atomic mass is 10.00. The van der Waals surface area contributed by atoms with Crippen molar-refractivity contribution in [2.24, 2.45) is 0 Å². The molecule has 10 nitrogen and oxygen atoms in total. The van der Waals surface area contributed by atoms with Gasteiger partial charge in [0.2, 0.25) is 0 Å². The van der Waals surface area contributed by atoms with E-state index in [-0.39, 0.29) is 6.54 Å². The Kier molecular flexibility index (Phi) is 4.46. The van der Waals surface area contributed by atoms with E-state index in [0.29, 0.717) is 19.5 Å². The van der Waals surface area contributed by atoms with Crippen LogP contribution in [-0.4, -0.2) is 61.1 Å². The molecule has 1 saturated heterocycles. The zero-order chi connectivity index (χ0) is 18.2. The second-order valence-electron chi connectivity index (χ2n) is 6.54. The Hall–Kier alpha value is -2.49. The summed E-state index contributed by atoms with van der Waals surface area (Å²) >= 11 is 0. The number of fused-ring (bicyclic) bond motifs is 1. The van der Waals surface area contributed by atoms with Crippen LogP contribution in [-0.2, 0) is 29.1 Å². The third-order valence-electron chi connectivity index (χ3n) is 4.80. The topological polar surface area (TPSA) is 112 Å². The largest absolute Gasteiger partial charge is 0.344 e. The average molecular weight is 349 g/mol. The highest BCUT2D eigenvalue weighted by atomic mass is 16.2. The molecule has 2 aliphatic heterocycles. The van der Waals surface area contributed by atoms with Gasteiger partial charge in [0.15, 0.2) is 0 Å². The van der Waals surface area contributed by atoms with Crippen LogP contribution in [0.5, 0.6) is 0 Å². The van der Waals surface area contributed by atoms with Crippen LogP contribution in [0, 0.1) is 0 Å².